The van der Waals surface area contributed by atoms with Crippen molar-refractivity contribution < 1.29 is 9.59 Å². The van der Waals surface area contributed by atoms with Crippen LogP contribution in [0.1, 0.15) is 31.4 Å². The van der Waals surface area contributed by atoms with Gasteiger partial charge in [0.1, 0.15) is 0 Å². The molecule has 5 heteroatoms. The van der Waals surface area contributed by atoms with Crippen LogP contribution in [0.4, 0.5) is 11.4 Å². The van der Waals surface area contributed by atoms with Gasteiger partial charge >= 0.3 is 0 Å². The minimum Gasteiger partial charge on any atom is -0.326 e. The Hall–Kier alpha value is -2.14. The van der Waals surface area contributed by atoms with Crippen LogP contribution in [-0.4, -0.2) is 11.8 Å². The molecule has 0 bridgehead atoms. The first-order valence-electron chi connectivity index (χ1n) is 8.31. The molecule has 2 amide bonds. The summed E-state index contributed by atoms with van der Waals surface area (Å²) in [5.41, 5.74) is 3.47. The predicted molar refractivity (Wildman–Crippen MR) is 106 cm³/mol. The van der Waals surface area contributed by atoms with Gasteiger partial charge in [-0.05, 0) is 42.7 Å². The lowest BCUT2D eigenvalue weighted by Crippen LogP contribution is -2.18. The Balaban J connectivity index is 2.00. The SMILES string of the molecule is Cc1ccc(NC(=O)C(C)C)cc1NC(=O)CCc1ccccc1Br. The highest BCUT2D eigenvalue weighted by atomic mass is 79.9. The molecular formula is C20H23BrN2O2. The fourth-order valence-corrected chi connectivity index (χ4v) is 2.77. The summed E-state index contributed by atoms with van der Waals surface area (Å²) in [6, 6.07) is 13.4. The van der Waals surface area contributed by atoms with Gasteiger partial charge in [-0.25, -0.2) is 0 Å². The number of hydrogen-bond acceptors (Lipinski definition) is 2. The number of carbonyl (C=O) groups is 2. The second kappa shape index (κ2) is 8.81. The number of anilines is 2. The van der Waals surface area contributed by atoms with Crippen LogP contribution in [0.5, 0.6) is 0 Å². The third kappa shape index (κ3) is 5.71. The summed E-state index contributed by atoms with van der Waals surface area (Å²) in [5, 5.41) is 5.79. The average Bonchev–Trinajstić information content (AvgIpc) is 2.57. The highest BCUT2D eigenvalue weighted by Crippen LogP contribution is 2.22. The van der Waals surface area contributed by atoms with Crippen molar-refractivity contribution in [3.63, 3.8) is 0 Å². The summed E-state index contributed by atoms with van der Waals surface area (Å²) in [6.45, 7) is 5.61. The number of nitrogens with one attached hydrogen (secondary N) is 2. The van der Waals surface area contributed by atoms with Crippen LogP contribution in [0.2, 0.25) is 0 Å². The van der Waals surface area contributed by atoms with Crippen LogP contribution in [0.25, 0.3) is 0 Å². The number of hydrogen-bond donors (Lipinski definition) is 2. The van der Waals surface area contributed by atoms with Crippen molar-refractivity contribution in [2.75, 3.05) is 10.6 Å². The quantitative estimate of drug-likeness (QED) is 0.719. The van der Waals surface area contributed by atoms with Crippen LogP contribution in [0.3, 0.4) is 0 Å². The van der Waals surface area contributed by atoms with Gasteiger partial charge in [0.15, 0.2) is 0 Å². The van der Waals surface area contributed by atoms with Gasteiger partial charge in [0, 0.05) is 28.2 Å². The van der Waals surface area contributed by atoms with Crippen molar-refractivity contribution in [1.82, 2.24) is 0 Å². The zero-order valence-electron chi connectivity index (χ0n) is 14.7. The van der Waals surface area contributed by atoms with E-state index in [1.165, 1.54) is 0 Å². The lowest BCUT2D eigenvalue weighted by atomic mass is 10.1. The molecule has 0 spiro atoms. The van der Waals surface area contributed by atoms with Crippen molar-refractivity contribution in [2.24, 2.45) is 5.92 Å². The summed E-state index contributed by atoms with van der Waals surface area (Å²) in [6.07, 6.45) is 1.06. The highest BCUT2D eigenvalue weighted by molar-refractivity contribution is 9.10. The van der Waals surface area contributed by atoms with E-state index in [0.29, 0.717) is 18.5 Å². The third-order valence-electron chi connectivity index (χ3n) is 3.88. The molecule has 2 N–H and O–H groups in total. The zero-order valence-corrected chi connectivity index (χ0v) is 16.3. The Kier molecular flexibility index (Phi) is 6.76. The fraction of sp³-hybridized carbons (Fsp3) is 0.300. The molecule has 2 aromatic rings. The molecule has 0 radical (unpaired) electrons. The minimum atomic E-state index is -0.0938. The Morgan fingerprint density at radius 2 is 1.80 bits per heavy atom. The second-order valence-electron chi connectivity index (χ2n) is 6.31. The Morgan fingerprint density at radius 1 is 1.08 bits per heavy atom. The van der Waals surface area contributed by atoms with E-state index in [9.17, 15) is 9.59 Å². The van der Waals surface area contributed by atoms with E-state index < -0.39 is 0 Å². The Morgan fingerprint density at radius 3 is 2.48 bits per heavy atom. The molecule has 0 unspecified atom stereocenters. The van der Waals surface area contributed by atoms with Gasteiger partial charge in [-0.2, -0.15) is 0 Å². The molecule has 0 aliphatic heterocycles. The summed E-state index contributed by atoms with van der Waals surface area (Å²) in [5.74, 6) is -0.190. The van der Waals surface area contributed by atoms with Gasteiger partial charge in [-0.1, -0.05) is 54.0 Å². The highest BCUT2D eigenvalue weighted by Gasteiger charge is 2.10. The van der Waals surface area contributed by atoms with Crippen LogP contribution in [0, 0.1) is 12.8 Å². The molecule has 0 heterocycles. The average molecular weight is 403 g/mol. The lowest BCUT2D eigenvalue weighted by Gasteiger charge is -2.13. The number of aryl methyl sites for hydroxylation is 2. The number of rotatable bonds is 6. The van der Waals surface area contributed by atoms with Crippen molar-refractivity contribution in [1.29, 1.82) is 0 Å². The minimum absolute atomic E-state index is 0.0462. The van der Waals surface area contributed by atoms with E-state index in [2.05, 4.69) is 26.6 Å². The van der Waals surface area contributed by atoms with Gasteiger partial charge in [-0.15, -0.1) is 0 Å². The smallest absolute Gasteiger partial charge is 0.226 e. The largest absolute Gasteiger partial charge is 0.326 e. The summed E-state index contributed by atoms with van der Waals surface area (Å²) in [4.78, 5) is 24.1. The maximum absolute atomic E-state index is 12.3. The molecule has 132 valence electrons. The molecule has 0 aliphatic carbocycles. The van der Waals surface area contributed by atoms with Gasteiger partial charge < -0.3 is 10.6 Å². The monoisotopic (exact) mass is 402 g/mol. The molecule has 0 saturated heterocycles. The van der Waals surface area contributed by atoms with E-state index >= 15 is 0 Å². The van der Waals surface area contributed by atoms with Crippen molar-refractivity contribution in [2.45, 2.75) is 33.6 Å². The van der Waals surface area contributed by atoms with Gasteiger partial charge in [0.05, 0.1) is 0 Å². The molecule has 0 fully saturated rings. The zero-order chi connectivity index (χ0) is 18.4. The summed E-state index contributed by atoms with van der Waals surface area (Å²) < 4.78 is 1.01. The fourth-order valence-electron chi connectivity index (χ4n) is 2.28. The summed E-state index contributed by atoms with van der Waals surface area (Å²) >= 11 is 3.50. The Bertz CT molecular complexity index is 772. The van der Waals surface area contributed by atoms with Crippen molar-refractivity contribution >= 4 is 39.1 Å². The summed E-state index contributed by atoms with van der Waals surface area (Å²) in [7, 11) is 0. The molecular weight excluding hydrogens is 380 g/mol. The number of halogens is 1. The number of carbonyl (C=O) groups excluding carboxylic acids is 2. The van der Waals surface area contributed by atoms with Gasteiger partial charge in [-0.3, -0.25) is 9.59 Å². The Labute approximate surface area is 157 Å². The maximum atomic E-state index is 12.3. The van der Waals surface area contributed by atoms with Crippen LogP contribution in [0.15, 0.2) is 46.9 Å². The third-order valence-corrected chi connectivity index (χ3v) is 4.66. The van der Waals surface area contributed by atoms with E-state index in [4.69, 9.17) is 0 Å². The number of amides is 2. The molecule has 0 aromatic heterocycles. The van der Waals surface area contributed by atoms with Gasteiger partial charge in [0.2, 0.25) is 11.8 Å². The molecule has 0 saturated carbocycles. The molecule has 2 rings (SSSR count). The maximum Gasteiger partial charge on any atom is 0.226 e. The van der Waals surface area contributed by atoms with Crippen LogP contribution in [-0.2, 0) is 16.0 Å². The van der Waals surface area contributed by atoms with Crippen molar-refractivity contribution in [3.05, 3.63) is 58.1 Å². The molecule has 4 nitrogen and oxygen atoms in total. The predicted octanol–water partition coefficient (Wildman–Crippen LogP) is 4.92. The van der Waals surface area contributed by atoms with E-state index in [0.717, 1.165) is 21.3 Å². The van der Waals surface area contributed by atoms with E-state index in [1.807, 2.05) is 57.2 Å². The van der Waals surface area contributed by atoms with Crippen molar-refractivity contribution in [3.8, 4) is 0 Å². The first kappa shape index (κ1) is 19.2. The first-order chi connectivity index (χ1) is 11.9. The first-order valence-corrected chi connectivity index (χ1v) is 9.11. The topological polar surface area (TPSA) is 58.2 Å². The molecule has 25 heavy (non-hydrogen) atoms. The standard InChI is InChI=1S/C20H23BrN2O2/c1-13(2)20(25)22-16-10-8-14(3)18(12-16)23-19(24)11-9-15-6-4-5-7-17(15)21/h4-8,10,12-13H,9,11H2,1-3H3,(H,22,25)(H,23,24). The van der Waals surface area contributed by atoms with E-state index in [1.54, 1.807) is 6.07 Å². The second-order valence-corrected chi connectivity index (χ2v) is 7.17. The van der Waals surface area contributed by atoms with Crippen LogP contribution >= 0.6 is 15.9 Å². The van der Waals surface area contributed by atoms with E-state index in [-0.39, 0.29) is 17.7 Å². The normalized spacial score (nSPS) is 10.6. The molecule has 2 aromatic carbocycles. The molecule has 0 aliphatic rings. The number of benzene rings is 2. The van der Waals surface area contributed by atoms with Gasteiger partial charge in [0.25, 0.3) is 0 Å². The lowest BCUT2D eigenvalue weighted by molar-refractivity contribution is -0.119. The van der Waals surface area contributed by atoms with Crippen LogP contribution < -0.4 is 10.6 Å². The molecule has 0 atom stereocenters.